The third-order valence-corrected chi connectivity index (χ3v) is 4.50. The number of nitrogens with one attached hydrogen (secondary N) is 1. The van der Waals surface area contributed by atoms with Crippen LogP contribution in [0.4, 0.5) is 11.4 Å². The predicted octanol–water partition coefficient (Wildman–Crippen LogP) is 4.17. The second-order valence-corrected chi connectivity index (χ2v) is 5.66. The van der Waals surface area contributed by atoms with Gasteiger partial charge in [-0.25, -0.2) is 0 Å². The van der Waals surface area contributed by atoms with Crippen LogP contribution in [0.1, 0.15) is 25.7 Å². The third-order valence-electron chi connectivity index (χ3n) is 3.78. The Morgan fingerprint density at radius 1 is 1.12 bits per heavy atom. The summed E-state index contributed by atoms with van der Waals surface area (Å²) in [6.07, 6.45) is 5.32. The van der Waals surface area contributed by atoms with Crippen molar-refractivity contribution < 1.29 is 0 Å². The molecule has 4 heteroatoms. The lowest BCUT2D eigenvalue weighted by Crippen LogP contribution is -2.40. The van der Waals surface area contributed by atoms with E-state index in [1.54, 1.807) is 0 Å². The summed E-state index contributed by atoms with van der Waals surface area (Å²) in [4.78, 5) is 2.50. The maximum absolute atomic E-state index is 6.13. The maximum Gasteiger partial charge on any atom is 0.0621 e. The van der Waals surface area contributed by atoms with Gasteiger partial charge in [0.15, 0.2) is 0 Å². The number of hydrogen-bond donors (Lipinski definition) is 1. The van der Waals surface area contributed by atoms with E-state index in [2.05, 4.69) is 10.2 Å². The van der Waals surface area contributed by atoms with Crippen molar-refractivity contribution in [1.29, 1.82) is 0 Å². The van der Waals surface area contributed by atoms with Crippen molar-refractivity contribution >= 4 is 34.6 Å². The predicted molar refractivity (Wildman–Crippen MR) is 74.6 cm³/mol. The van der Waals surface area contributed by atoms with Gasteiger partial charge in [0.2, 0.25) is 0 Å². The van der Waals surface area contributed by atoms with E-state index in [0.717, 1.165) is 18.8 Å². The Morgan fingerprint density at radius 2 is 1.82 bits per heavy atom. The molecule has 1 aliphatic heterocycles. The lowest BCUT2D eigenvalue weighted by Gasteiger charge is -2.37. The zero-order valence-electron chi connectivity index (χ0n) is 9.68. The zero-order chi connectivity index (χ0) is 11.8. The number of rotatable bonds is 1. The van der Waals surface area contributed by atoms with E-state index >= 15 is 0 Å². The van der Waals surface area contributed by atoms with Gasteiger partial charge in [-0.2, -0.15) is 0 Å². The van der Waals surface area contributed by atoms with Gasteiger partial charge in [-0.05, 0) is 25.0 Å². The van der Waals surface area contributed by atoms with Gasteiger partial charge in [0.1, 0.15) is 0 Å². The first kappa shape index (κ1) is 11.5. The molecular weight excluding hydrogens is 255 g/mol. The normalized spacial score (nSPS) is 20.2. The van der Waals surface area contributed by atoms with E-state index in [0.29, 0.717) is 16.1 Å². The molecule has 2 aliphatic rings. The molecule has 0 radical (unpaired) electrons. The minimum Gasteiger partial charge on any atom is -0.382 e. The molecule has 1 N–H and O–H groups in total. The summed E-state index contributed by atoms with van der Waals surface area (Å²) in [6.45, 7) is 2.05. The lowest BCUT2D eigenvalue weighted by atomic mass is 10.1. The quantitative estimate of drug-likeness (QED) is 0.824. The molecule has 1 aromatic rings. The fourth-order valence-electron chi connectivity index (χ4n) is 2.94. The van der Waals surface area contributed by atoms with E-state index < -0.39 is 0 Å². The Kier molecular flexibility index (Phi) is 3.10. The van der Waals surface area contributed by atoms with Crippen molar-refractivity contribution in [2.24, 2.45) is 0 Å². The lowest BCUT2D eigenvalue weighted by molar-refractivity contribution is 0.606. The van der Waals surface area contributed by atoms with Crippen molar-refractivity contribution in [3.63, 3.8) is 0 Å². The smallest absolute Gasteiger partial charge is 0.0621 e. The van der Waals surface area contributed by atoms with E-state index in [1.807, 2.05) is 12.1 Å². The largest absolute Gasteiger partial charge is 0.382 e. The summed E-state index contributed by atoms with van der Waals surface area (Å²) in [7, 11) is 0. The van der Waals surface area contributed by atoms with E-state index in [9.17, 15) is 0 Å². The van der Waals surface area contributed by atoms with Crippen LogP contribution in [0.2, 0.25) is 10.0 Å². The molecule has 1 aromatic carbocycles. The molecule has 0 saturated heterocycles. The van der Waals surface area contributed by atoms with Gasteiger partial charge in [0.05, 0.1) is 21.4 Å². The molecule has 17 heavy (non-hydrogen) atoms. The number of benzene rings is 1. The molecule has 92 valence electrons. The van der Waals surface area contributed by atoms with Crippen LogP contribution in [0.15, 0.2) is 12.1 Å². The summed E-state index contributed by atoms with van der Waals surface area (Å²) in [5.74, 6) is 0. The molecule has 0 aromatic heterocycles. The van der Waals surface area contributed by atoms with Gasteiger partial charge in [0, 0.05) is 19.1 Å². The van der Waals surface area contributed by atoms with E-state index in [1.165, 1.54) is 31.4 Å². The van der Waals surface area contributed by atoms with Crippen LogP contribution in [-0.4, -0.2) is 19.1 Å². The van der Waals surface area contributed by atoms with Gasteiger partial charge in [-0.15, -0.1) is 0 Å². The molecule has 3 rings (SSSR count). The summed E-state index contributed by atoms with van der Waals surface area (Å²) in [5, 5.41) is 4.68. The topological polar surface area (TPSA) is 15.3 Å². The van der Waals surface area contributed by atoms with Crippen molar-refractivity contribution in [3.05, 3.63) is 22.2 Å². The molecular formula is C13H16Cl2N2. The standard InChI is InChI=1S/C13H16Cl2N2/c14-10-7-12-13(8-11(10)15)17(6-5-16-12)9-3-1-2-4-9/h7-9,16H,1-6H2. The van der Waals surface area contributed by atoms with Crippen LogP contribution < -0.4 is 10.2 Å². The van der Waals surface area contributed by atoms with E-state index in [-0.39, 0.29) is 0 Å². The van der Waals surface area contributed by atoms with Crippen LogP contribution >= 0.6 is 23.2 Å². The molecule has 0 amide bonds. The molecule has 0 bridgehead atoms. The van der Waals surface area contributed by atoms with Crippen molar-refractivity contribution in [3.8, 4) is 0 Å². The third kappa shape index (κ3) is 2.09. The zero-order valence-corrected chi connectivity index (χ0v) is 11.2. The molecule has 0 atom stereocenters. The van der Waals surface area contributed by atoms with Crippen LogP contribution in [-0.2, 0) is 0 Å². The minimum atomic E-state index is 0.631. The number of halogens is 2. The first-order valence-electron chi connectivity index (χ1n) is 6.25. The van der Waals surface area contributed by atoms with Crippen LogP contribution in [0.25, 0.3) is 0 Å². The second-order valence-electron chi connectivity index (χ2n) is 4.84. The van der Waals surface area contributed by atoms with Crippen LogP contribution in [0.3, 0.4) is 0 Å². The molecule has 1 fully saturated rings. The number of anilines is 2. The first-order chi connectivity index (χ1) is 8.25. The molecule has 0 spiro atoms. The highest BCUT2D eigenvalue weighted by Crippen LogP contribution is 2.39. The van der Waals surface area contributed by atoms with Crippen molar-refractivity contribution in [2.45, 2.75) is 31.7 Å². The van der Waals surface area contributed by atoms with Gasteiger partial charge in [0.25, 0.3) is 0 Å². The van der Waals surface area contributed by atoms with Gasteiger partial charge in [-0.1, -0.05) is 36.0 Å². The van der Waals surface area contributed by atoms with Crippen molar-refractivity contribution in [2.75, 3.05) is 23.3 Å². The van der Waals surface area contributed by atoms with Crippen LogP contribution in [0, 0.1) is 0 Å². The minimum absolute atomic E-state index is 0.631. The highest BCUT2D eigenvalue weighted by atomic mass is 35.5. The van der Waals surface area contributed by atoms with Gasteiger partial charge >= 0.3 is 0 Å². The molecule has 1 heterocycles. The fraction of sp³-hybridized carbons (Fsp3) is 0.538. The Labute approximate surface area is 112 Å². The average molecular weight is 271 g/mol. The molecule has 1 saturated carbocycles. The average Bonchev–Trinajstić information content (AvgIpc) is 2.83. The summed E-state index contributed by atoms with van der Waals surface area (Å²) >= 11 is 12.2. The molecule has 2 nitrogen and oxygen atoms in total. The van der Waals surface area contributed by atoms with Crippen molar-refractivity contribution in [1.82, 2.24) is 0 Å². The summed E-state index contributed by atoms with van der Waals surface area (Å²) < 4.78 is 0. The Bertz CT molecular complexity index is 428. The highest BCUT2D eigenvalue weighted by Gasteiger charge is 2.27. The Hall–Kier alpha value is -0.600. The monoisotopic (exact) mass is 270 g/mol. The van der Waals surface area contributed by atoms with Crippen LogP contribution in [0.5, 0.6) is 0 Å². The molecule has 0 unspecified atom stereocenters. The number of fused-ring (bicyclic) bond motifs is 1. The Morgan fingerprint density at radius 3 is 2.59 bits per heavy atom. The van der Waals surface area contributed by atoms with Gasteiger partial charge < -0.3 is 10.2 Å². The number of hydrogen-bond acceptors (Lipinski definition) is 2. The Balaban J connectivity index is 1.97. The maximum atomic E-state index is 6.13. The fourth-order valence-corrected chi connectivity index (χ4v) is 3.26. The summed E-state index contributed by atoms with van der Waals surface area (Å²) in [6, 6.07) is 4.64. The number of nitrogens with zero attached hydrogens (tertiary/aromatic N) is 1. The van der Waals surface area contributed by atoms with E-state index in [4.69, 9.17) is 23.2 Å². The first-order valence-corrected chi connectivity index (χ1v) is 7.01. The highest BCUT2D eigenvalue weighted by molar-refractivity contribution is 6.42. The molecule has 1 aliphatic carbocycles. The summed E-state index contributed by atoms with van der Waals surface area (Å²) in [5.41, 5.74) is 2.34. The van der Waals surface area contributed by atoms with Gasteiger partial charge in [-0.3, -0.25) is 0 Å². The second kappa shape index (κ2) is 4.58. The SMILES string of the molecule is Clc1cc2c(cc1Cl)N(C1CCCC1)CCN2.